The number of ether oxygens (including phenoxy) is 2. The maximum Gasteiger partial charge on any atom is 0.193 e. The summed E-state index contributed by atoms with van der Waals surface area (Å²) >= 11 is 6.10. The molecule has 8 heteroatoms. The number of halogens is 2. The number of hydrogen-bond acceptors (Lipinski definition) is 4. The van der Waals surface area contributed by atoms with E-state index >= 15 is 0 Å². The van der Waals surface area contributed by atoms with E-state index in [4.69, 9.17) is 21.1 Å². The monoisotopic (exact) mass is 522 g/mol. The molecule has 2 aliphatic heterocycles. The predicted octanol–water partition coefficient (Wildman–Crippen LogP) is 2.85. The smallest absolute Gasteiger partial charge is 0.193 e. The van der Waals surface area contributed by atoms with Gasteiger partial charge in [-0.2, -0.15) is 0 Å². The Labute approximate surface area is 190 Å². The van der Waals surface area contributed by atoms with Gasteiger partial charge in [0.05, 0.1) is 5.60 Å². The summed E-state index contributed by atoms with van der Waals surface area (Å²) in [6, 6.07) is 8.12. The van der Waals surface area contributed by atoms with Gasteiger partial charge in [0, 0.05) is 84.5 Å². The third kappa shape index (κ3) is 6.45. The fraction of sp³-hybridized carbons (Fsp3) is 0.650. The van der Waals surface area contributed by atoms with Gasteiger partial charge in [0.1, 0.15) is 0 Å². The van der Waals surface area contributed by atoms with Gasteiger partial charge in [0.25, 0.3) is 0 Å². The molecule has 0 atom stereocenters. The summed E-state index contributed by atoms with van der Waals surface area (Å²) in [5, 5.41) is 4.33. The van der Waals surface area contributed by atoms with E-state index in [-0.39, 0.29) is 29.6 Å². The first-order valence-electron chi connectivity index (χ1n) is 9.69. The van der Waals surface area contributed by atoms with Crippen molar-refractivity contribution in [3.8, 4) is 0 Å². The molecule has 0 unspecified atom stereocenters. The molecule has 0 spiro atoms. The highest BCUT2D eigenvalue weighted by Crippen LogP contribution is 2.23. The molecule has 158 valence electrons. The Balaban J connectivity index is 0.00000280. The maximum absolute atomic E-state index is 6.10. The minimum atomic E-state index is -0.150. The molecule has 2 fully saturated rings. The van der Waals surface area contributed by atoms with Gasteiger partial charge in [0.2, 0.25) is 0 Å². The number of nitrogens with zero attached hydrogens (tertiary/aromatic N) is 3. The molecule has 0 amide bonds. The van der Waals surface area contributed by atoms with Crippen LogP contribution in [-0.2, 0) is 16.0 Å². The van der Waals surface area contributed by atoms with Gasteiger partial charge in [-0.3, -0.25) is 9.89 Å². The summed E-state index contributed by atoms with van der Waals surface area (Å²) in [6.07, 6.45) is 1.84. The Morgan fingerprint density at radius 1 is 1.25 bits per heavy atom. The Bertz CT molecular complexity index is 632. The number of benzene rings is 1. The van der Waals surface area contributed by atoms with Crippen molar-refractivity contribution >= 4 is 41.5 Å². The molecule has 2 heterocycles. The van der Waals surface area contributed by atoms with E-state index in [1.807, 2.05) is 25.2 Å². The maximum atomic E-state index is 6.10. The van der Waals surface area contributed by atoms with Crippen molar-refractivity contribution in [2.24, 2.45) is 4.99 Å². The number of hydrogen-bond donors (Lipinski definition) is 1. The molecule has 1 aromatic rings. The molecule has 2 saturated heterocycles. The van der Waals surface area contributed by atoms with Crippen LogP contribution in [0.4, 0.5) is 0 Å². The van der Waals surface area contributed by atoms with E-state index in [2.05, 4.69) is 26.2 Å². The summed E-state index contributed by atoms with van der Waals surface area (Å²) in [5.74, 6) is 0.959. The summed E-state index contributed by atoms with van der Waals surface area (Å²) in [6.45, 7) is 7.17. The van der Waals surface area contributed by atoms with E-state index in [0.29, 0.717) is 0 Å². The van der Waals surface area contributed by atoms with Crippen LogP contribution in [0.5, 0.6) is 0 Å². The van der Waals surface area contributed by atoms with E-state index in [1.165, 1.54) is 5.56 Å². The lowest BCUT2D eigenvalue weighted by Crippen LogP contribution is -2.55. The van der Waals surface area contributed by atoms with Crippen LogP contribution in [-0.4, -0.2) is 81.5 Å². The van der Waals surface area contributed by atoms with Gasteiger partial charge in [-0.05, 0) is 17.7 Å². The molecule has 0 aliphatic carbocycles. The van der Waals surface area contributed by atoms with E-state index in [1.54, 1.807) is 7.11 Å². The third-order valence-electron chi connectivity index (χ3n) is 5.58. The number of nitrogens with one attached hydrogen (secondary N) is 1. The van der Waals surface area contributed by atoms with Crippen molar-refractivity contribution in [3.05, 3.63) is 34.9 Å². The summed E-state index contributed by atoms with van der Waals surface area (Å²) in [7, 11) is 3.65. The minimum absolute atomic E-state index is 0. The zero-order valence-corrected chi connectivity index (χ0v) is 19.9. The Morgan fingerprint density at radius 3 is 2.57 bits per heavy atom. The van der Waals surface area contributed by atoms with E-state index in [0.717, 1.165) is 76.3 Å². The van der Waals surface area contributed by atoms with E-state index in [9.17, 15) is 0 Å². The van der Waals surface area contributed by atoms with Gasteiger partial charge < -0.3 is 19.7 Å². The molecule has 6 nitrogen and oxygen atoms in total. The fourth-order valence-corrected chi connectivity index (χ4v) is 3.99. The molecular weight excluding hydrogens is 491 g/mol. The molecule has 2 aliphatic rings. The van der Waals surface area contributed by atoms with Crippen LogP contribution >= 0.6 is 35.6 Å². The van der Waals surface area contributed by atoms with Crippen LogP contribution in [0.3, 0.4) is 0 Å². The second-order valence-corrected chi connectivity index (χ2v) is 7.73. The molecule has 3 rings (SSSR count). The summed E-state index contributed by atoms with van der Waals surface area (Å²) in [4.78, 5) is 9.28. The molecular formula is C20H32ClIN4O2. The predicted molar refractivity (Wildman–Crippen MR) is 125 cm³/mol. The van der Waals surface area contributed by atoms with Crippen LogP contribution < -0.4 is 5.32 Å². The van der Waals surface area contributed by atoms with Crippen LogP contribution in [0.25, 0.3) is 0 Å². The van der Waals surface area contributed by atoms with Crippen molar-refractivity contribution in [2.45, 2.75) is 25.0 Å². The van der Waals surface area contributed by atoms with Crippen molar-refractivity contribution in [3.63, 3.8) is 0 Å². The SMILES string of the molecule is CN=C(NCC1(OC)CCOCC1)N1CCN(Cc2cccc(Cl)c2)CC1.I. The average Bonchev–Trinajstić information content (AvgIpc) is 2.70. The van der Waals surface area contributed by atoms with Gasteiger partial charge in [-0.15, -0.1) is 24.0 Å². The summed E-state index contributed by atoms with van der Waals surface area (Å²) in [5.41, 5.74) is 1.11. The first-order valence-corrected chi connectivity index (χ1v) is 10.1. The topological polar surface area (TPSA) is 49.3 Å². The van der Waals surface area contributed by atoms with Crippen LogP contribution in [0.2, 0.25) is 5.02 Å². The largest absolute Gasteiger partial charge is 0.381 e. The lowest BCUT2D eigenvalue weighted by molar-refractivity contribution is -0.0858. The molecule has 1 aromatic carbocycles. The summed E-state index contributed by atoms with van der Waals surface area (Å²) < 4.78 is 11.3. The number of methoxy groups -OCH3 is 1. The van der Waals surface area contributed by atoms with Crippen LogP contribution in [0, 0.1) is 0 Å². The highest BCUT2D eigenvalue weighted by atomic mass is 127. The zero-order valence-electron chi connectivity index (χ0n) is 16.8. The number of rotatable bonds is 5. The van der Waals surface area contributed by atoms with Crippen molar-refractivity contribution < 1.29 is 9.47 Å². The van der Waals surface area contributed by atoms with Crippen LogP contribution in [0.1, 0.15) is 18.4 Å². The number of piperazine rings is 1. The van der Waals surface area contributed by atoms with E-state index < -0.39 is 0 Å². The van der Waals surface area contributed by atoms with Gasteiger partial charge in [-0.25, -0.2) is 0 Å². The highest BCUT2D eigenvalue weighted by Gasteiger charge is 2.33. The van der Waals surface area contributed by atoms with Gasteiger partial charge in [-0.1, -0.05) is 23.7 Å². The molecule has 0 radical (unpaired) electrons. The Hall–Kier alpha value is -0.610. The average molecular weight is 523 g/mol. The normalized spacial score (nSPS) is 20.5. The molecule has 0 bridgehead atoms. The lowest BCUT2D eigenvalue weighted by atomic mass is 9.94. The molecule has 0 aromatic heterocycles. The number of guanidine groups is 1. The van der Waals surface area contributed by atoms with Gasteiger partial charge >= 0.3 is 0 Å². The zero-order chi connectivity index (χ0) is 19.1. The van der Waals surface area contributed by atoms with Crippen molar-refractivity contribution in [2.75, 3.05) is 60.1 Å². The first-order chi connectivity index (χ1) is 13.1. The highest BCUT2D eigenvalue weighted by molar-refractivity contribution is 14.0. The van der Waals surface area contributed by atoms with Gasteiger partial charge in [0.15, 0.2) is 5.96 Å². The second-order valence-electron chi connectivity index (χ2n) is 7.29. The lowest BCUT2D eigenvalue weighted by Gasteiger charge is -2.39. The Morgan fingerprint density at radius 2 is 1.96 bits per heavy atom. The Kier molecular flexibility index (Phi) is 9.76. The van der Waals surface area contributed by atoms with Crippen molar-refractivity contribution in [1.29, 1.82) is 0 Å². The van der Waals surface area contributed by atoms with Crippen molar-refractivity contribution in [1.82, 2.24) is 15.1 Å². The fourth-order valence-electron chi connectivity index (χ4n) is 3.78. The van der Waals surface area contributed by atoms with Crippen LogP contribution in [0.15, 0.2) is 29.3 Å². The molecule has 28 heavy (non-hydrogen) atoms. The molecule has 1 N–H and O–H groups in total. The second kappa shape index (κ2) is 11.5. The first kappa shape index (κ1) is 23.7. The molecule has 0 saturated carbocycles. The quantitative estimate of drug-likeness (QED) is 0.366. The number of aliphatic imine (C=N–C) groups is 1. The third-order valence-corrected chi connectivity index (χ3v) is 5.82. The minimum Gasteiger partial charge on any atom is -0.381 e. The standard InChI is InChI=1S/C20H31ClN4O2.HI/c1-22-19(23-16-20(26-2)6-12-27-13-7-20)25-10-8-24(9-11-25)15-17-4-3-5-18(21)14-17;/h3-5,14H,6-13,15-16H2,1-2H3,(H,22,23);1H.